The fourth-order valence-electron chi connectivity index (χ4n) is 2.39. The van der Waals surface area contributed by atoms with Gasteiger partial charge in [0.2, 0.25) is 0 Å². The Labute approximate surface area is 75.4 Å². The summed E-state index contributed by atoms with van der Waals surface area (Å²) in [6.45, 7) is 2.27. The summed E-state index contributed by atoms with van der Waals surface area (Å²) >= 11 is 0. The molecule has 0 amide bonds. The Morgan fingerprint density at radius 1 is 1.17 bits per heavy atom. The quantitative estimate of drug-likeness (QED) is 0.551. The van der Waals surface area contributed by atoms with Crippen LogP contribution in [0.25, 0.3) is 0 Å². The van der Waals surface area contributed by atoms with E-state index in [4.69, 9.17) is 0 Å². The monoisotopic (exact) mass is 162 g/mol. The van der Waals surface area contributed by atoms with Crippen LogP contribution in [-0.2, 0) is 0 Å². The molecule has 0 radical (unpaired) electrons. The Morgan fingerprint density at radius 2 is 1.92 bits per heavy atom. The third-order valence-corrected chi connectivity index (χ3v) is 3.12. The molecule has 0 aromatic heterocycles. The summed E-state index contributed by atoms with van der Waals surface area (Å²) in [5, 5.41) is 0. The summed E-state index contributed by atoms with van der Waals surface area (Å²) in [7, 11) is 0. The highest BCUT2D eigenvalue weighted by Gasteiger charge is 2.18. The summed E-state index contributed by atoms with van der Waals surface area (Å²) < 4.78 is 0. The van der Waals surface area contributed by atoms with E-state index in [9.17, 15) is 0 Å². The molecule has 1 atom stereocenters. The van der Waals surface area contributed by atoms with Gasteiger partial charge in [0.25, 0.3) is 0 Å². The normalized spacial score (nSPS) is 30.8. The van der Waals surface area contributed by atoms with E-state index in [2.05, 4.69) is 25.2 Å². The molecule has 0 heterocycles. The van der Waals surface area contributed by atoms with Crippen molar-refractivity contribution in [3.05, 3.63) is 23.8 Å². The first-order valence-electron chi connectivity index (χ1n) is 5.26. The van der Waals surface area contributed by atoms with E-state index in [1.54, 1.807) is 5.57 Å². The van der Waals surface area contributed by atoms with Crippen molar-refractivity contribution in [3.63, 3.8) is 0 Å². The maximum Gasteiger partial charge on any atom is -0.00727 e. The second kappa shape index (κ2) is 3.47. The SMILES string of the molecule is CC1C=CC(C2CCCCC2)=C1. The Kier molecular flexibility index (Phi) is 2.34. The number of rotatable bonds is 1. The van der Waals surface area contributed by atoms with Crippen molar-refractivity contribution in [3.8, 4) is 0 Å². The minimum Gasteiger partial charge on any atom is -0.0776 e. The van der Waals surface area contributed by atoms with E-state index in [1.807, 2.05) is 0 Å². The summed E-state index contributed by atoms with van der Waals surface area (Å²) in [6.07, 6.45) is 14.3. The van der Waals surface area contributed by atoms with Crippen LogP contribution in [-0.4, -0.2) is 0 Å². The Hall–Kier alpha value is -0.520. The second-order valence-corrected chi connectivity index (χ2v) is 4.22. The van der Waals surface area contributed by atoms with Crippen molar-refractivity contribution in [2.24, 2.45) is 11.8 Å². The van der Waals surface area contributed by atoms with Gasteiger partial charge in [-0.05, 0) is 30.3 Å². The zero-order valence-electron chi connectivity index (χ0n) is 7.92. The minimum atomic E-state index is 0.696. The molecule has 2 rings (SSSR count). The average molecular weight is 162 g/mol. The molecule has 12 heavy (non-hydrogen) atoms. The van der Waals surface area contributed by atoms with Crippen LogP contribution < -0.4 is 0 Å². The molecule has 0 nitrogen and oxygen atoms in total. The van der Waals surface area contributed by atoms with Gasteiger partial charge in [0, 0.05) is 0 Å². The van der Waals surface area contributed by atoms with Gasteiger partial charge in [0.05, 0.1) is 0 Å². The molecule has 0 bridgehead atoms. The highest BCUT2D eigenvalue weighted by Crippen LogP contribution is 2.33. The lowest BCUT2D eigenvalue weighted by Gasteiger charge is -2.21. The molecule has 0 aromatic rings. The number of allylic oxidation sites excluding steroid dienone is 4. The molecule has 1 saturated carbocycles. The maximum atomic E-state index is 2.44. The van der Waals surface area contributed by atoms with Gasteiger partial charge in [0.15, 0.2) is 0 Å². The van der Waals surface area contributed by atoms with E-state index < -0.39 is 0 Å². The predicted molar refractivity (Wildman–Crippen MR) is 53.0 cm³/mol. The fraction of sp³-hybridized carbons (Fsp3) is 0.667. The Balaban J connectivity index is 1.99. The first-order chi connectivity index (χ1) is 5.86. The second-order valence-electron chi connectivity index (χ2n) is 4.22. The van der Waals surface area contributed by atoms with Gasteiger partial charge in [-0.25, -0.2) is 0 Å². The molecule has 0 saturated heterocycles. The molecule has 2 aliphatic rings. The topological polar surface area (TPSA) is 0 Å². The highest BCUT2D eigenvalue weighted by atomic mass is 14.2. The largest absolute Gasteiger partial charge is 0.0776 e. The molecule has 2 aliphatic carbocycles. The average Bonchev–Trinajstić information content (AvgIpc) is 2.54. The molecule has 1 unspecified atom stereocenters. The molecule has 0 aliphatic heterocycles. The van der Waals surface area contributed by atoms with Gasteiger partial charge in [0.1, 0.15) is 0 Å². The van der Waals surface area contributed by atoms with Crippen molar-refractivity contribution in [2.45, 2.75) is 39.0 Å². The van der Waals surface area contributed by atoms with Crippen molar-refractivity contribution in [2.75, 3.05) is 0 Å². The van der Waals surface area contributed by atoms with Gasteiger partial charge in [-0.1, -0.05) is 44.4 Å². The number of hydrogen-bond donors (Lipinski definition) is 0. The van der Waals surface area contributed by atoms with Crippen molar-refractivity contribution >= 4 is 0 Å². The van der Waals surface area contributed by atoms with Crippen LogP contribution in [0, 0.1) is 11.8 Å². The third-order valence-electron chi connectivity index (χ3n) is 3.12. The van der Waals surface area contributed by atoms with Gasteiger partial charge in [-0.15, -0.1) is 0 Å². The van der Waals surface area contributed by atoms with Crippen LogP contribution in [0.2, 0.25) is 0 Å². The predicted octanol–water partition coefficient (Wildman–Crippen LogP) is 3.70. The van der Waals surface area contributed by atoms with E-state index in [-0.39, 0.29) is 0 Å². The highest BCUT2D eigenvalue weighted by molar-refractivity contribution is 5.30. The lowest BCUT2D eigenvalue weighted by atomic mass is 9.84. The molecule has 0 N–H and O–H groups in total. The smallest absolute Gasteiger partial charge is 0.00727 e. The standard InChI is InChI=1S/C12H18/c1-10-7-8-12(9-10)11-5-3-2-4-6-11/h7-11H,2-6H2,1H3. The van der Waals surface area contributed by atoms with E-state index in [0.29, 0.717) is 5.92 Å². The van der Waals surface area contributed by atoms with Crippen LogP contribution in [0.3, 0.4) is 0 Å². The van der Waals surface area contributed by atoms with Crippen LogP contribution >= 0.6 is 0 Å². The lowest BCUT2D eigenvalue weighted by molar-refractivity contribution is 0.408. The van der Waals surface area contributed by atoms with Gasteiger partial charge >= 0.3 is 0 Å². The fourth-order valence-corrected chi connectivity index (χ4v) is 2.39. The summed E-state index contributed by atoms with van der Waals surface area (Å²) in [5.74, 6) is 1.60. The zero-order valence-corrected chi connectivity index (χ0v) is 7.92. The molecule has 0 heteroatoms. The number of hydrogen-bond acceptors (Lipinski definition) is 0. The molecular formula is C12H18. The van der Waals surface area contributed by atoms with E-state index in [1.165, 1.54) is 32.1 Å². The first-order valence-corrected chi connectivity index (χ1v) is 5.26. The summed E-state index contributed by atoms with van der Waals surface area (Å²) in [5.41, 5.74) is 1.63. The van der Waals surface area contributed by atoms with Gasteiger partial charge in [-0.2, -0.15) is 0 Å². The van der Waals surface area contributed by atoms with Crippen molar-refractivity contribution < 1.29 is 0 Å². The zero-order chi connectivity index (χ0) is 8.39. The van der Waals surface area contributed by atoms with Crippen LogP contribution in [0.4, 0.5) is 0 Å². The van der Waals surface area contributed by atoms with Crippen molar-refractivity contribution in [1.29, 1.82) is 0 Å². The first kappa shape index (κ1) is 8.10. The molecule has 0 spiro atoms. The molecule has 0 aromatic carbocycles. The lowest BCUT2D eigenvalue weighted by Crippen LogP contribution is -2.07. The summed E-state index contributed by atoms with van der Waals surface area (Å²) in [6, 6.07) is 0. The van der Waals surface area contributed by atoms with Gasteiger partial charge in [-0.3, -0.25) is 0 Å². The Bertz CT molecular complexity index is 204. The molecular weight excluding hydrogens is 144 g/mol. The molecule has 66 valence electrons. The van der Waals surface area contributed by atoms with Gasteiger partial charge < -0.3 is 0 Å². The van der Waals surface area contributed by atoms with E-state index >= 15 is 0 Å². The van der Waals surface area contributed by atoms with Crippen LogP contribution in [0.15, 0.2) is 23.8 Å². The summed E-state index contributed by atoms with van der Waals surface area (Å²) in [4.78, 5) is 0. The van der Waals surface area contributed by atoms with Crippen LogP contribution in [0.5, 0.6) is 0 Å². The molecule has 1 fully saturated rings. The minimum absolute atomic E-state index is 0.696. The van der Waals surface area contributed by atoms with Crippen molar-refractivity contribution in [1.82, 2.24) is 0 Å². The Morgan fingerprint density at radius 3 is 2.50 bits per heavy atom. The van der Waals surface area contributed by atoms with E-state index in [0.717, 1.165) is 5.92 Å². The third kappa shape index (κ3) is 1.63. The maximum absolute atomic E-state index is 2.44. The van der Waals surface area contributed by atoms with Crippen LogP contribution in [0.1, 0.15) is 39.0 Å².